The van der Waals surface area contributed by atoms with E-state index in [1.54, 1.807) is 19.2 Å². The first-order valence-electron chi connectivity index (χ1n) is 4.83. The molecule has 15 heavy (non-hydrogen) atoms. The van der Waals surface area contributed by atoms with Gasteiger partial charge in [-0.05, 0) is 24.6 Å². The van der Waals surface area contributed by atoms with E-state index in [1.165, 1.54) is 12.1 Å². The van der Waals surface area contributed by atoms with E-state index in [4.69, 9.17) is 0 Å². The summed E-state index contributed by atoms with van der Waals surface area (Å²) >= 11 is 0. The normalized spacial score (nSPS) is 12.2. The molecule has 0 bridgehead atoms. The van der Waals surface area contributed by atoms with Gasteiger partial charge in [-0.15, -0.1) is 0 Å². The first-order valence-corrected chi connectivity index (χ1v) is 4.83. The summed E-state index contributed by atoms with van der Waals surface area (Å²) in [4.78, 5) is 11.0. The number of carbonyl (C=O) groups excluding carboxylic acids is 1. The number of nitrogens with one attached hydrogen (secondary N) is 2. The summed E-state index contributed by atoms with van der Waals surface area (Å²) < 4.78 is 12.6. The van der Waals surface area contributed by atoms with Gasteiger partial charge in [-0.25, -0.2) is 4.39 Å². The molecule has 1 aromatic rings. The van der Waals surface area contributed by atoms with Gasteiger partial charge >= 0.3 is 0 Å². The van der Waals surface area contributed by atoms with Gasteiger partial charge in [-0.2, -0.15) is 0 Å². The highest BCUT2D eigenvalue weighted by atomic mass is 19.1. The van der Waals surface area contributed by atoms with Crippen LogP contribution in [0.4, 0.5) is 4.39 Å². The fraction of sp³-hybridized carbons (Fsp3) is 0.364. The first kappa shape index (κ1) is 11.7. The molecule has 0 aromatic heterocycles. The molecule has 0 radical (unpaired) electrons. The molecule has 1 amide bonds. The largest absolute Gasteiger partial charge is 0.358 e. The van der Waals surface area contributed by atoms with Crippen LogP contribution in [0.15, 0.2) is 24.3 Å². The zero-order chi connectivity index (χ0) is 11.3. The number of likely N-dealkylation sites (N-methyl/N-ethyl adjacent to an activating group) is 1. The summed E-state index contributed by atoms with van der Waals surface area (Å²) in [6, 6.07) is 6.26. The van der Waals surface area contributed by atoms with E-state index >= 15 is 0 Å². The van der Waals surface area contributed by atoms with E-state index in [0.29, 0.717) is 0 Å². The van der Waals surface area contributed by atoms with Gasteiger partial charge in [0.15, 0.2) is 0 Å². The maximum absolute atomic E-state index is 12.6. The molecule has 0 aliphatic heterocycles. The van der Waals surface area contributed by atoms with Crippen molar-refractivity contribution in [3.8, 4) is 0 Å². The highest BCUT2D eigenvalue weighted by Gasteiger charge is 2.06. The molecule has 0 spiro atoms. The maximum atomic E-state index is 12.6. The number of halogens is 1. The molecule has 1 atom stereocenters. The van der Waals surface area contributed by atoms with Gasteiger partial charge in [0, 0.05) is 13.1 Å². The Morgan fingerprint density at radius 1 is 1.40 bits per heavy atom. The first-order chi connectivity index (χ1) is 7.13. The minimum absolute atomic E-state index is 0.0305. The zero-order valence-electron chi connectivity index (χ0n) is 8.88. The Kier molecular flexibility index (Phi) is 4.24. The van der Waals surface area contributed by atoms with Crippen LogP contribution in [0.2, 0.25) is 0 Å². The predicted octanol–water partition coefficient (Wildman–Crippen LogP) is 1.22. The van der Waals surface area contributed by atoms with Crippen molar-refractivity contribution < 1.29 is 9.18 Å². The van der Waals surface area contributed by atoms with Gasteiger partial charge in [0.2, 0.25) is 5.91 Å². The van der Waals surface area contributed by atoms with Crippen molar-refractivity contribution in [1.29, 1.82) is 0 Å². The van der Waals surface area contributed by atoms with E-state index in [0.717, 1.165) is 5.56 Å². The quantitative estimate of drug-likeness (QED) is 0.784. The molecule has 0 aliphatic carbocycles. The fourth-order valence-electron chi connectivity index (χ4n) is 1.20. The summed E-state index contributed by atoms with van der Waals surface area (Å²) in [7, 11) is 1.59. The fourth-order valence-corrected chi connectivity index (χ4v) is 1.20. The predicted molar refractivity (Wildman–Crippen MR) is 56.9 cm³/mol. The van der Waals surface area contributed by atoms with Crippen LogP contribution in [-0.4, -0.2) is 19.5 Å². The topological polar surface area (TPSA) is 41.1 Å². The van der Waals surface area contributed by atoms with Crippen molar-refractivity contribution in [3.63, 3.8) is 0 Å². The van der Waals surface area contributed by atoms with Crippen LogP contribution in [0.1, 0.15) is 18.5 Å². The van der Waals surface area contributed by atoms with E-state index in [2.05, 4.69) is 10.6 Å². The van der Waals surface area contributed by atoms with Crippen LogP contribution < -0.4 is 10.6 Å². The van der Waals surface area contributed by atoms with Crippen molar-refractivity contribution in [2.45, 2.75) is 13.0 Å². The Morgan fingerprint density at radius 2 is 2.00 bits per heavy atom. The van der Waals surface area contributed by atoms with Gasteiger partial charge in [0.1, 0.15) is 5.82 Å². The molecule has 0 saturated heterocycles. The minimum atomic E-state index is -0.253. The highest BCUT2D eigenvalue weighted by Crippen LogP contribution is 2.12. The molecule has 0 unspecified atom stereocenters. The zero-order valence-corrected chi connectivity index (χ0v) is 8.88. The lowest BCUT2D eigenvalue weighted by molar-refractivity contribution is -0.119. The van der Waals surface area contributed by atoms with E-state index in [1.807, 2.05) is 6.92 Å². The number of hydrogen-bond acceptors (Lipinski definition) is 2. The summed E-state index contributed by atoms with van der Waals surface area (Å²) in [5, 5.41) is 5.55. The van der Waals surface area contributed by atoms with Crippen molar-refractivity contribution in [1.82, 2.24) is 10.6 Å². The number of benzene rings is 1. The second-order valence-electron chi connectivity index (χ2n) is 3.33. The molecule has 0 heterocycles. The van der Waals surface area contributed by atoms with Crippen LogP contribution in [0.25, 0.3) is 0 Å². The number of rotatable bonds is 4. The molecule has 4 heteroatoms. The van der Waals surface area contributed by atoms with Gasteiger partial charge < -0.3 is 10.6 Å². The van der Waals surface area contributed by atoms with Crippen molar-refractivity contribution in [2.75, 3.05) is 13.6 Å². The van der Waals surface area contributed by atoms with E-state index < -0.39 is 0 Å². The third kappa shape index (κ3) is 3.67. The highest BCUT2D eigenvalue weighted by molar-refractivity contribution is 5.77. The van der Waals surface area contributed by atoms with Crippen molar-refractivity contribution in [2.24, 2.45) is 0 Å². The Labute approximate surface area is 88.7 Å². The SMILES string of the molecule is CNC(=O)CN[C@@H](C)c1ccc(F)cc1. The van der Waals surface area contributed by atoms with Gasteiger partial charge in [-0.3, -0.25) is 4.79 Å². The monoisotopic (exact) mass is 210 g/mol. The summed E-state index contributed by atoms with van der Waals surface area (Å²) in [5.74, 6) is -0.318. The smallest absolute Gasteiger partial charge is 0.233 e. The lowest BCUT2D eigenvalue weighted by Gasteiger charge is -2.13. The number of hydrogen-bond donors (Lipinski definition) is 2. The van der Waals surface area contributed by atoms with E-state index in [9.17, 15) is 9.18 Å². The van der Waals surface area contributed by atoms with Crippen LogP contribution in [0.3, 0.4) is 0 Å². The van der Waals surface area contributed by atoms with Gasteiger partial charge in [-0.1, -0.05) is 12.1 Å². The van der Waals surface area contributed by atoms with Crippen LogP contribution in [0, 0.1) is 5.82 Å². The van der Waals surface area contributed by atoms with Gasteiger partial charge in [0.05, 0.1) is 6.54 Å². The lowest BCUT2D eigenvalue weighted by Crippen LogP contribution is -2.32. The number of amides is 1. The Balaban J connectivity index is 2.50. The van der Waals surface area contributed by atoms with Crippen LogP contribution in [0.5, 0.6) is 0 Å². The molecule has 0 fully saturated rings. The Bertz CT molecular complexity index is 324. The second kappa shape index (κ2) is 5.46. The average molecular weight is 210 g/mol. The number of carbonyl (C=O) groups is 1. The summed E-state index contributed by atoms with van der Waals surface area (Å²) in [6.45, 7) is 2.19. The third-order valence-electron chi connectivity index (χ3n) is 2.22. The van der Waals surface area contributed by atoms with Crippen molar-refractivity contribution in [3.05, 3.63) is 35.6 Å². The van der Waals surface area contributed by atoms with Crippen molar-refractivity contribution >= 4 is 5.91 Å². The van der Waals surface area contributed by atoms with Crippen LogP contribution >= 0.6 is 0 Å². The molecule has 82 valence electrons. The molecule has 0 aliphatic rings. The molecular formula is C11H15FN2O. The Hall–Kier alpha value is -1.42. The van der Waals surface area contributed by atoms with Crippen LogP contribution in [-0.2, 0) is 4.79 Å². The van der Waals surface area contributed by atoms with Gasteiger partial charge in [0.25, 0.3) is 0 Å². The second-order valence-corrected chi connectivity index (χ2v) is 3.33. The molecule has 0 saturated carbocycles. The molecule has 1 aromatic carbocycles. The Morgan fingerprint density at radius 3 is 2.53 bits per heavy atom. The molecule has 1 rings (SSSR count). The molecular weight excluding hydrogens is 195 g/mol. The summed E-state index contributed by atoms with van der Waals surface area (Å²) in [5.41, 5.74) is 0.959. The summed E-state index contributed by atoms with van der Waals surface area (Å²) in [6.07, 6.45) is 0. The minimum Gasteiger partial charge on any atom is -0.358 e. The average Bonchev–Trinajstić information content (AvgIpc) is 2.26. The van der Waals surface area contributed by atoms with E-state index in [-0.39, 0.29) is 24.3 Å². The third-order valence-corrected chi connectivity index (χ3v) is 2.22. The standard InChI is InChI=1S/C11H15FN2O/c1-8(14-7-11(15)13-2)9-3-5-10(12)6-4-9/h3-6,8,14H,7H2,1-2H3,(H,13,15)/t8-/m0/s1. The maximum Gasteiger partial charge on any atom is 0.233 e. The lowest BCUT2D eigenvalue weighted by atomic mass is 10.1. The molecule has 2 N–H and O–H groups in total. The molecule has 3 nitrogen and oxygen atoms in total.